The Hall–Kier alpha value is -0.550. The Bertz CT molecular complexity index is 413. The highest BCUT2D eigenvalue weighted by Gasteiger charge is 2.27. The molecule has 1 aliphatic carbocycles. The van der Waals surface area contributed by atoms with E-state index in [1.54, 1.807) is 11.8 Å². The average molecular weight is 295 g/mol. The van der Waals surface area contributed by atoms with Crippen LogP contribution in [0.25, 0.3) is 0 Å². The van der Waals surface area contributed by atoms with Crippen molar-refractivity contribution in [2.75, 3.05) is 18.9 Å². The Balaban J connectivity index is 2.14. The van der Waals surface area contributed by atoms with Gasteiger partial charge in [0, 0.05) is 17.0 Å². The SMILES string of the molecule is CCNC1c2ccccc2CCCC1SCC(O)CO. The van der Waals surface area contributed by atoms with E-state index >= 15 is 0 Å². The Labute approximate surface area is 125 Å². The van der Waals surface area contributed by atoms with Crippen LogP contribution in [0, 0.1) is 0 Å². The van der Waals surface area contributed by atoms with Gasteiger partial charge in [-0.1, -0.05) is 31.2 Å². The lowest BCUT2D eigenvalue weighted by Gasteiger charge is -2.27. The van der Waals surface area contributed by atoms with Crippen molar-refractivity contribution in [1.82, 2.24) is 5.32 Å². The van der Waals surface area contributed by atoms with Crippen molar-refractivity contribution < 1.29 is 10.2 Å². The molecule has 0 aromatic heterocycles. The molecule has 0 saturated carbocycles. The van der Waals surface area contributed by atoms with Gasteiger partial charge in [-0.15, -0.1) is 0 Å². The largest absolute Gasteiger partial charge is 0.394 e. The Morgan fingerprint density at radius 1 is 1.40 bits per heavy atom. The summed E-state index contributed by atoms with van der Waals surface area (Å²) in [4.78, 5) is 0. The molecule has 2 rings (SSSR count). The summed E-state index contributed by atoms with van der Waals surface area (Å²) in [5.74, 6) is 0.602. The molecule has 0 fully saturated rings. The van der Waals surface area contributed by atoms with Crippen molar-refractivity contribution in [3.05, 3.63) is 35.4 Å². The van der Waals surface area contributed by atoms with Gasteiger partial charge in [0.05, 0.1) is 12.7 Å². The number of fused-ring (bicyclic) bond motifs is 1. The molecular formula is C16H25NO2S. The van der Waals surface area contributed by atoms with Gasteiger partial charge < -0.3 is 15.5 Å². The zero-order valence-corrected chi connectivity index (χ0v) is 12.9. The lowest BCUT2D eigenvalue weighted by Crippen LogP contribution is -2.31. The van der Waals surface area contributed by atoms with Crippen molar-refractivity contribution >= 4 is 11.8 Å². The minimum absolute atomic E-state index is 0.151. The van der Waals surface area contributed by atoms with E-state index in [9.17, 15) is 5.11 Å². The minimum atomic E-state index is -0.610. The van der Waals surface area contributed by atoms with Crippen LogP contribution in [0.15, 0.2) is 24.3 Å². The van der Waals surface area contributed by atoms with Crippen molar-refractivity contribution in [2.24, 2.45) is 0 Å². The third-order valence-corrected chi connectivity index (χ3v) is 5.35. The average Bonchev–Trinajstić information content (AvgIpc) is 2.65. The minimum Gasteiger partial charge on any atom is -0.394 e. The molecule has 1 aromatic rings. The fourth-order valence-electron chi connectivity index (χ4n) is 2.85. The molecule has 1 aromatic carbocycles. The fraction of sp³-hybridized carbons (Fsp3) is 0.625. The van der Waals surface area contributed by atoms with Crippen LogP contribution in [-0.4, -0.2) is 40.5 Å². The number of rotatable bonds is 6. The predicted octanol–water partition coefficient (Wildman–Crippen LogP) is 2.13. The zero-order chi connectivity index (χ0) is 14.4. The van der Waals surface area contributed by atoms with Crippen LogP contribution < -0.4 is 5.32 Å². The smallest absolute Gasteiger partial charge is 0.0861 e. The van der Waals surface area contributed by atoms with Gasteiger partial charge in [-0.05, 0) is 36.9 Å². The highest BCUT2D eigenvalue weighted by atomic mass is 32.2. The van der Waals surface area contributed by atoms with Gasteiger partial charge in [-0.3, -0.25) is 0 Å². The van der Waals surface area contributed by atoms with Crippen molar-refractivity contribution in [2.45, 2.75) is 43.6 Å². The van der Waals surface area contributed by atoms with E-state index in [1.165, 1.54) is 17.5 Å². The standard InChI is InChI=1S/C16H25NO2S/c1-2-17-16-14-8-4-3-6-12(14)7-5-9-15(16)20-11-13(19)10-18/h3-4,6,8,13,15-19H,2,5,7,9-11H2,1H3. The molecule has 3 nitrogen and oxygen atoms in total. The lowest BCUT2D eigenvalue weighted by molar-refractivity contribution is 0.113. The quantitative estimate of drug-likeness (QED) is 0.704. The second-order valence-corrected chi connectivity index (χ2v) is 6.61. The Kier molecular flexibility index (Phi) is 6.36. The van der Waals surface area contributed by atoms with Crippen LogP contribution in [0.3, 0.4) is 0 Å². The van der Waals surface area contributed by atoms with Gasteiger partial charge >= 0.3 is 0 Å². The molecule has 0 amide bonds. The number of nitrogens with one attached hydrogen (secondary N) is 1. The molecule has 3 unspecified atom stereocenters. The first kappa shape index (κ1) is 15.8. The van der Waals surface area contributed by atoms with Crippen LogP contribution in [0.4, 0.5) is 0 Å². The fourth-order valence-corrected chi connectivity index (χ4v) is 4.20. The normalized spacial score (nSPS) is 23.9. The van der Waals surface area contributed by atoms with E-state index in [0.29, 0.717) is 17.0 Å². The Morgan fingerprint density at radius 2 is 2.20 bits per heavy atom. The monoisotopic (exact) mass is 295 g/mol. The topological polar surface area (TPSA) is 52.5 Å². The molecule has 3 N–H and O–H groups in total. The molecule has 0 saturated heterocycles. The molecular weight excluding hydrogens is 270 g/mol. The zero-order valence-electron chi connectivity index (χ0n) is 12.1. The molecule has 3 atom stereocenters. The summed E-state index contributed by atoms with van der Waals surface area (Å²) in [5.41, 5.74) is 2.85. The molecule has 4 heteroatoms. The third-order valence-electron chi connectivity index (χ3n) is 3.83. The van der Waals surface area contributed by atoms with Gasteiger partial charge in [-0.25, -0.2) is 0 Å². The second kappa shape index (κ2) is 8.03. The molecule has 20 heavy (non-hydrogen) atoms. The number of aryl methyl sites for hydroxylation is 1. The van der Waals surface area contributed by atoms with E-state index in [1.807, 2.05) is 0 Å². The third kappa shape index (κ3) is 3.98. The molecule has 0 heterocycles. The number of aliphatic hydroxyl groups is 2. The van der Waals surface area contributed by atoms with E-state index < -0.39 is 6.10 Å². The van der Waals surface area contributed by atoms with Crippen LogP contribution in [0.2, 0.25) is 0 Å². The van der Waals surface area contributed by atoms with Crippen molar-refractivity contribution in [1.29, 1.82) is 0 Å². The van der Waals surface area contributed by atoms with Gasteiger partial charge in [0.2, 0.25) is 0 Å². The molecule has 0 spiro atoms. The van der Waals surface area contributed by atoms with Crippen LogP contribution in [-0.2, 0) is 6.42 Å². The van der Waals surface area contributed by atoms with E-state index in [4.69, 9.17) is 5.11 Å². The first-order chi connectivity index (χ1) is 9.76. The van der Waals surface area contributed by atoms with E-state index in [-0.39, 0.29) is 6.61 Å². The van der Waals surface area contributed by atoms with Crippen LogP contribution in [0.1, 0.15) is 36.9 Å². The van der Waals surface area contributed by atoms with Crippen molar-refractivity contribution in [3.8, 4) is 0 Å². The number of thioether (sulfide) groups is 1. The van der Waals surface area contributed by atoms with Crippen LogP contribution in [0.5, 0.6) is 0 Å². The van der Waals surface area contributed by atoms with Gasteiger partial charge in [0.15, 0.2) is 0 Å². The number of hydrogen-bond donors (Lipinski definition) is 3. The summed E-state index contributed by atoms with van der Waals surface area (Å²) in [5, 5.41) is 22.6. The summed E-state index contributed by atoms with van der Waals surface area (Å²) < 4.78 is 0. The van der Waals surface area contributed by atoms with E-state index in [0.717, 1.165) is 19.4 Å². The summed E-state index contributed by atoms with van der Waals surface area (Å²) in [7, 11) is 0. The summed E-state index contributed by atoms with van der Waals surface area (Å²) >= 11 is 1.78. The van der Waals surface area contributed by atoms with Gasteiger partial charge in [0.25, 0.3) is 0 Å². The first-order valence-corrected chi connectivity index (χ1v) is 8.52. The number of hydrogen-bond acceptors (Lipinski definition) is 4. The number of aliphatic hydroxyl groups excluding tert-OH is 2. The Morgan fingerprint density at radius 3 is 2.95 bits per heavy atom. The lowest BCUT2D eigenvalue weighted by atomic mass is 9.99. The summed E-state index contributed by atoms with van der Waals surface area (Å²) in [6, 6.07) is 9.03. The van der Waals surface area contributed by atoms with Crippen LogP contribution >= 0.6 is 11.8 Å². The van der Waals surface area contributed by atoms with Gasteiger partial charge in [-0.2, -0.15) is 11.8 Å². The predicted molar refractivity (Wildman–Crippen MR) is 85.1 cm³/mol. The maximum absolute atomic E-state index is 9.58. The summed E-state index contributed by atoms with van der Waals surface area (Å²) in [6.07, 6.45) is 2.86. The maximum atomic E-state index is 9.58. The molecule has 0 bridgehead atoms. The van der Waals surface area contributed by atoms with Crippen molar-refractivity contribution in [3.63, 3.8) is 0 Å². The highest BCUT2D eigenvalue weighted by Crippen LogP contribution is 2.36. The van der Waals surface area contributed by atoms with E-state index in [2.05, 4.69) is 36.5 Å². The highest BCUT2D eigenvalue weighted by molar-refractivity contribution is 8.00. The maximum Gasteiger partial charge on any atom is 0.0861 e. The van der Waals surface area contributed by atoms with Gasteiger partial charge in [0.1, 0.15) is 0 Å². The second-order valence-electron chi connectivity index (χ2n) is 5.33. The molecule has 0 aliphatic heterocycles. The molecule has 1 aliphatic rings. The molecule has 0 radical (unpaired) electrons. The summed E-state index contributed by atoms with van der Waals surface area (Å²) in [6.45, 7) is 2.93. The molecule has 112 valence electrons. The first-order valence-electron chi connectivity index (χ1n) is 7.48. The number of benzene rings is 1.